The van der Waals surface area contributed by atoms with Gasteiger partial charge in [-0.2, -0.15) is 13.2 Å². The number of hydrogen-bond acceptors (Lipinski definition) is 4. The minimum absolute atomic E-state index is 0.0587. The molecule has 22 heavy (non-hydrogen) atoms. The Kier molecular flexibility index (Phi) is 4.44. The lowest BCUT2D eigenvalue weighted by molar-refractivity contribution is -0.138. The van der Waals surface area contributed by atoms with Crippen LogP contribution < -0.4 is 14.8 Å². The summed E-state index contributed by atoms with van der Waals surface area (Å²) in [6.07, 6.45) is -4.86. The highest BCUT2D eigenvalue weighted by molar-refractivity contribution is 5.45. The van der Waals surface area contributed by atoms with E-state index >= 15 is 0 Å². The molecule has 4 nitrogen and oxygen atoms in total. The number of alkyl halides is 3. The average Bonchev–Trinajstić information content (AvgIpc) is 2.95. The molecule has 7 heteroatoms. The summed E-state index contributed by atoms with van der Waals surface area (Å²) in [4.78, 5) is 2.11. The fourth-order valence-electron chi connectivity index (χ4n) is 2.97. The number of nitrogens with zero attached hydrogens (tertiary/aromatic N) is 1. The molecule has 2 aliphatic rings. The Balaban J connectivity index is 1.80. The smallest absolute Gasteiger partial charge is 0.389 e. The van der Waals surface area contributed by atoms with Gasteiger partial charge in [-0.05, 0) is 24.1 Å². The van der Waals surface area contributed by atoms with Gasteiger partial charge >= 0.3 is 6.18 Å². The minimum atomic E-state index is -4.14. The molecule has 0 saturated carbocycles. The molecular weight excluding hydrogens is 297 g/mol. The van der Waals surface area contributed by atoms with Crippen LogP contribution in [0.2, 0.25) is 0 Å². The molecule has 1 saturated heterocycles. The zero-order valence-corrected chi connectivity index (χ0v) is 12.2. The zero-order valence-electron chi connectivity index (χ0n) is 12.2. The lowest BCUT2D eigenvalue weighted by atomic mass is 9.98. The third-order valence-corrected chi connectivity index (χ3v) is 4.08. The summed E-state index contributed by atoms with van der Waals surface area (Å²) in [7, 11) is 0. The van der Waals surface area contributed by atoms with E-state index in [1.807, 2.05) is 12.1 Å². The second-order valence-corrected chi connectivity index (χ2v) is 5.57. The predicted molar refractivity (Wildman–Crippen MR) is 75.0 cm³/mol. The number of piperazine rings is 1. The van der Waals surface area contributed by atoms with Crippen LogP contribution in [0, 0.1) is 0 Å². The van der Waals surface area contributed by atoms with E-state index in [4.69, 9.17) is 9.47 Å². The Morgan fingerprint density at radius 1 is 1.14 bits per heavy atom. The second-order valence-electron chi connectivity index (χ2n) is 5.57. The largest absolute Gasteiger partial charge is 0.454 e. The lowest BCUT2D eigenvalue weighted by Crippen LogP contribution is -2.45. The third-order valence-electron chi connectivity index (χ3n) is 4.08. The molecule has 1 aromatic rings. The number of rotatable bonds is 4. The van der Waals surface area contributed by atoms with Gasteiger partial charge in [0.1, 0.15) is 0 Å². The monoisotopic (exact) mass is 316 g/mol. The summed E-state index contributed by atoms with van der Waals surface area (Å²) in [6, 6.07) is 5.18. The lowest BCUT2D eigenvalue weighted by Gasteiger charge is -2.35. The molecular formula is C15H19F3N2O2. The van der Waals surface area contributed by atoms with Gasteiger partial charge in [-0.1, -0.05) is 6.07 Å². The molecule has 2 heterocycles. The summed E-state index contributed by atoms with van der Waals surface area (Å²) in [5.74, 6) is 1.27. The first-order valence-electron chi connectivity index (χ1n) is 7.44. The molecule has 0 aliphatic carbocycles. The van der Waals surface area contributed by atoms with Crippen LogP contribution in [0.1, 0.15) is 24.4 Å². The molecule has 0 amide bonds. The highest BCUT2D eigenvalue weighted by Crippen LogP contribution is 2.38. The van der Waals surface area contributed by atoms with Crippen molar-refractivity contribution in [3.8, 4) is 11.5 Å². The first-order valence-corrected chi connectivity index (χ1v) is 7.44. The van der Waals surface area contributed by atoms with Gasteiger partial charge < -0.3 is 14.8 Å². The summed E-state index contributed by atoms with van der Waals surface area (Å²) in [5, 5.41) is 3.23. The van der Waals surface area contributed by atoms with E-state index in [-0.39, 0.29) is 19.3 Å². The van der Waals surface area contributed by atoms with Gasteiger partial charge in [-0.25, -0.2) is 0 Å². The van der Waals surface area contributed by atoms with Gasteiger partial charge in [0.25, 0.3) is 0 Å². The van der Waals surface area contributed by atoms with E-state index in [1.54, 1.807) is 6.07 Å². The van der Waals surface area contributed by atoms with Gasteiger partial charge in [0, 0.05) is 38.6 Å². The standard InChI is InChI=1S/C15H19F3N2O2/c16-15(17,18)4-3-12(20-7-5-19-6-8-20)11-1-2-13-14(9-11)22-10-21-13/h1-2,9,12,19H,3-8,10H2/t12-/m1/s1. The summed E-state index contributed by atoms with van der Waals surface area (Å²) in [5.41, 5.74) is 0.857. The van der Waals surface area contributed by atoms with Crippen molar-refractivity contribution in [3.63, 3.8) is 0 Å². The van der Waals surface area contributed by atoms with Crippen molar-refractivity contribution in [1.82, 2.24) is 10.2 Å². The van der Waals surface area contributed by atoms with Crippen LogP contribution in [0.3, 0.4) is 0 Å². The summed E-state index contributed by atoms with van der Waals surface area (Å²) in [6.45, 7) is 3.26. The van der Waals surface area contributed by atoms with Gasteiger partial charge in [-0.15, -0.1) is 0 Å². The summed E-state index contributed by atoms with van der Waals surface area (Å²) >= 11 is 0. The van der Waals surface area contributed by atoms with Crippen LogP contribution in [0.25, 0.3) is 0 Å². The molecule has 0 spiro atoms. The molecule has 1 fully saturated rings. The van der Waals surface area contributed by atoms with E-state index in [2.05, 4.69) is 10.2 Å². The predicted octanol–water partition coefficient (Wildman–Crippen LogP) is 2.70. The molecule has 1 N–H and O–H groups in total. The van der Waals surface area contributed by atoms with Gasteiger partial charge in [0.05, 0.1) is 0 Å². The molecule has 122 valence electrons. The molecule has 3 rings (SSSR count). The highest BCUT2D eigenvalue weighted by atomic mass is 19.4. The van der Waals surface area contributed by atoms with E-state index in [9.17, 15) is 13.2 Å². The van der Waals surface area contributed by atoms with E-state index in [0.717, 1.165) is 31.7 Å². The Morgan fingerprint density at radius 3 is 2.59 bits per heavy atom. The van der Waals surface area contributed by atoms with Gasteiger partial charge in [-0.3, -0.25) is 4.90 Å². The maximum absolute atomic E-state index is 12.6. The van der Waals surface area contributed by atoms with Crippen LogP contribution in [0.15, 0.2) is 18.2 Å². The molecule has 1 atom stereocenters. The van der Waals surface area contributed by atoms with Crippen LogP contribution in [0.4, 0.5) is 13.2 Å². The van der Waals surface area contributed by atoms with Crippen molar-refractivity contribution in [2.75, 3.05) is 33.0 Å². The summed E-state index contributed by atoms with van der Waals surface area (Å²) < 4.78 is 48.5. The van der Waals surface area contributed by atoms with Crippen molar-refractivity contribution in [1.29, 1.82) is 0 Å². The fraction of sp³-hybridized carbons (Fsp3) is 0.600. The Morgan fingerprint density at radius 2 is 1.86 bits per heavy atom. The molecule has 2 aliphatic heterocycles. The Hall–Kier alpha value is -1.47. The van der Waals surface area contributed by atoms with Gasteiger partial charge in [0.15, 0.2) is 11.5 Å². The van der Waals surface area contributed by atoms with Crippen molar-refractivity contribution in [2.45, 2.75) is 25.1 Å². The van der Waals surface area contributed by atoms with Gasteiger partial charge in [0.2, 0.25) is 6.79 Å². The van der Waals surface area contributed by atoms with Crippen molar-refractivity contribution >= 4 is 0 Å². The maximum atomic E-state index is 12.6. The van der Waals surface area contributed by atoms with Crippen molar-refractivity contribution in [3.05, 3.63) is 23.8 Å². The van der Waals surface area contributed by atoms with Crippen LogP contribution in [-0.2, 0) is 0 Å². The highest BCUT2D eigenvalue weighted by Gasteiger charge is 2.31. The average molecular weight is 316 g/mol. The minimum Gasteiger partial charge on any atom is -0.454 e. The second kappa shape index (κ2) is 6.34. The molecule has 0 bridgehead atoms. The molecule has 1 aromatic carbocycles. The van der Waals surface area contributed by atoms with Crippen LogP contribution >= 0.6 is 0 Å². The normalized spacial score (nSPS) is 20.1. The Bertz CT molecular complexity index is 516. The number of ether oxygens (including phenoxy) is 2. The van der Waals surface area contributed by atoms with E-state index in [1.165, 1.54) is 0 Å². The van der Waals surface area contributed by atoms with Crippen LogP contribution in [-0.4, -0.2) is 44.0 Å². The first-order chi connectivity index (χ1) is 10.5. The van der Waals surface area contributed by atoms with Crippen molar-refractivity contribution in [2.24, 2.45) is 0 Å². The topological polar surface area (TPSA) is 33.7 Å². The fourth-order valence-corrected chi connectivity index (χ4v) is 2.97. The number of benzene rings is 1. The quantitative estimate of drug-likeness (QED) is 0.926. The Labute approximate surface area is 127 Å². The molecule has 0 aromatic heterocycles. The number of hydrogen-bond donors (Lipinski definition) is 1. The molecule has 0 radical (unpaired) electrons. The number of fused-ring (bicyclic) bond motifs is 1. The number of nitrogens with one attached hydrogen (secondary N) is 1. The first kappa shape index (κ1) is 15.4. The molecule has 0 unspecified atom stereocenters. The van der Waals surface area contributed by atoms with Crippen LogP contribution in [0.5, 0.6) is 11.5 Å². The third kappa shape index (κ3) is 3.64. The maximum Gasteiger partial charge on any atom is 0.389 e. The van der Waals surface area contributed by atoms with E-state index < -0.39 is 12.6 Å². The van der Waals surface area contributed by atoms with Crippen molar-refractivity contribution < 1.29 is 22.6 Å². The van der Waals surface area contributed by atoms with E-state index in [0.29, 0.717) is 11.5 Å². The SMILES string of the molecule is FC(F)(F)CC[C@H](c1ccc2c(c1)OCO2)N1CCNCC1. The number of halogens is 3. The zero-order chi connectivity index (χ0) is 15.6.